The molecule has 3 heteroatoms. The smallest absolute Gasteiger partial charge is 0.0587 e. The maximum atomic E-state index is 5.87. The van der Waals surface area contributed by atoms with E-state index in [4.69, 9.17) is 9.47 Å². The molecular weight excluding hydrogens is 238 g/mol. The summed E-state index contributed by atoms with van der Waals surface area (Å²) in [7, 11) is 1.77. The van der Waals surface area contributed by atoms with E-state index in [0.717, 1.165) is 38.8 Å². The molecule has 0 aromatic heterocycles. The summed E-state index contributed by atoms with van der Waals surface area (Å²) < 4.78 is 11.0. The van der Waals surface area contributed by atoms with Crippen molar-refractivity contribution >= 4 is 0 Å². The quantitative estimate of drug-likeness (QED) is 0.594. The minimum atomic E-state index is 0.399. The van der Waals surface area contributed by atoms with Gasteiger partial charge in [0.1, 0.15) is 0 Å². The molecule has 1 atom stereocenters. The van der Waals surface area contributed by atoms with E-state index in [1.165, 1.54) is 51.4 Å². The van der Waals surface area contributed by atoms with Crippen molar-refractivity contribution in [3.63, 3.8) is 0 Å². The van der Waals surface area contributed by atoms with Crippen molar-refractivity contribution in [3.05, 3.63) is 0 Å². The van der Waals surface area contributed by atoms with Gasteiger partial charge < -0.3 is 14.8 Å². The number of rotatable bonds is 6. The van der Waals surface area contributed by atoms with Crippen LogP contribution in [-0.4, -0.2) is 40.0 Å². The lowest BCUT2D eigenvalue weighted by molar-refractivity contribution is -0.0461. The molecule has 19 heavy (non-hydrogen) atoms. The van der Waals surface area contributed by atoms with Crippen molar-refractivity contribution in [2.24, 2.45) is 11.3 Å². The zero-order valence-corrected chi connectivity index (χ0v) is 12.6. The van der Waals surface area contributed by atoms with E-state index in [1.807, 2.05) is 0 Å². The Labute approximate surface area is 118 Å². The Morgan fingerprint density at radius 1 is 1.16 bits per heavy atom. The van der Waals surface area contributed by atoms with Gasteiger partial charge >= 0.3 is 0 Å². The third-order valence-electron chi connectivity index (χ3n) is 5.03. The fraction of sp³-hybridized carbons (Fsp3) is 1.00. The second kappa shape index (κ2) is 8.23. The Bertz CT molecular complexity index is 231. The summed E-state index contributed by atoms with van der Waals surface area (Å²) in [6.45, 7) is 4.82. The van der Waals surface area contributed by atoms with Crippen LogP contribution in [0.25, 0.3) is 0 Å². The summed E-state index contributed by atoms with van der Waals surface area (Å²) in [6.07, 6.45) is 11.1. The van der Waals surface area contributed by atoms with Crippen LogP contribution >= 0.6 is 0 Å². The van der Waals surface area contributed by atoms with Gasteiger partial charge in [-0.25, -0.2) is 0 Å². The Hall–Kier alpha value is -0.120. The molecule has 3 nitrogen and oxygen atoms in total. The number of nitrogens with one attached hydrogen (secondary N) is 1. The minimum Gasteiger partial charge on any atom is -0.383 e. The van der Waals surface area contributed by atoms with Crippen LogP contribution in [0.4, 0.5) is 0 Å². The van der Waals surface area contributed by atoms with Crippen molar-refractivity contribution in [2.75, 3.05) is 40.0 Å². The molecule has 1 aliphatic carbocycles. The predicted molar refractivity (Wildman–Crippen MR) is 78.4 cm³/mol. The molecule has 1 aliphatic heterocycles. The van der Waals surface area contributed by atoms with Crippen molar-refractivity contribution in [1.29, 1.82) is 0 Å². The van der Waals surface area contributed by atoms with Crippen LogP contribution < -0.4 is 5.32 Å². The molecule has 0 spiro atoms. The summed E-state index contributed by atoms with van der Waals surface area (Å²) >= 11 is 0. The fourth-order valence-corrected chi connectivity index (χ4v) is 3.88. The number of hydrogen-bond acceptors (Lipinski definition) is 3. The van der Waals surface area contributed by atoms with Crippen molar-refractivity contribution in [3.8, 4) is 0 Å². The topological polar surface area (TPSA) is 30.5 Å². The first-order valence-corrected chi connectivity index (χ1v) is 8.15. The standard InChI is InChI=1S/C16H31NO2/c1-18-12-10-17-13-16(9-6-11-19-14-16)15-7-4-2-3-5-8-15/h15,17H,2-14H2,1H3. The molecule has 0 aromatic rings. The average molecular weight is 269 g/mol. The zero-order valence-electron chi connectivity index (χ0n) is 12.6. The molecule has 1 N–H and O–H groups in total. The van der Waals surface area contributed by atoms with Crippen LogP contribution in [0.2, 0.25) is 0 Å². The van der Waals surface area contributed by atoms with Gasteiger partial charge in [-0.2, -0.15) is 0 Å². The van der Waals surface area contributed by atoms with Crippen LogP contribution in [0, 0.1) is 11.3 Å². The normalized spacial score (nSPS) is 30.2. The van der Waals surface area contributed by atoms with Gasteiger partial charge in [-0.15, -0.1) is 0 Å². The van der Waals surface area contributed by atoms with E-state index in [0.29, 0.717) is 5.41 Å². The molecule has 1 unspecified atom stereocenters. The van der Waals surface area contributed by atoms with Crippen LogP contribution in [-0.2, 0) is 9.47 Å². The maximum Gasteiger partial charge on any atom is 0.0587 e. The molecule has 0 bridgehead atoms. The second-order valence-electron chi connectivity index (χ2n) is 6.38. The Morgan fingerprint density at radius 2 is 1.95 bits per heavy atom. The monoisotopic (exact) mass is 269 g/mol. The Kier molecular flexibility index (Phi) is 6.62. The first kappa shape index (κ1) is 15.3. The molecule has 1 heterocycles. The van der Waals surface area contributed by atoms with Crippen LogP contribution in [0.1, 0.15) is 51.4 Å². The number of methoxy groups -OCH3 is 1. The van der Waals surface area contributed by atoms with E-state index in [-0.39, 0.29) is 0 Å². The third kappa shape index (κ3) is 4.44. The van der Waals surface area contributed by atoms with Gasteiger partial charge in [-0.1, -0.05) is 25.7 Å². The Morgan fingerprint density at radius 3 is 2.58 bits per heavy atom. The van der Waals surface area contributed by atoms with Crippen molar-refractivity contribution < 1.29 is 9.47 Å². The molecule has 2 fully saturated rings. The average Bonchev–Trinajstić information content (AvgIpc) is 2.74. The fourth-order valence-electron chi connectivity index (χ4n) is 3.88. The highest BCUT2D eigenvalue weighted by Crippen LogP contribution is 2.42. The lowest BCUT2D eigenvalue weighted by Gasteiger charge is -2.43. The van der Waals surface area contributed by atoms with Crippen LogP contribution in [0.5, 0.6) is 0 Å². The number of hydrogen-bond donors (Lipinski definition) is 1. The second-order valence-corrected chi connectivity index (χ2v) is 6.38. The lowest BCUT2D eigenvalue weighted by Crippen LogP contribution is -2.47. The highest BCUT2D eigenvalue weighted by atomic mass is 16.5. The first-order chi connectivity index (χ1) is 9.37. The number of ether oxygens (including phenoxy) is 2. The molecule has 1 saturated carbocycles. The van der Waals surface area contributed by atoms with E-state index in [9.17, 15) is 0 Å². The molecule has 1 saturated heterocycles. The molecule has 0 radical (unpaired) electrons. The Balaban J connectivity index is 1.92. The van der Waals surface area contributed by atoms with Gasteiger partial charge in [0.05, 0.1) is 13.2 Å². The molecule has 2 aliphatic rings. The van der Waals surface area contributed by atoms with Crippen molar-refractivity contribution in [2.45, 2.75) is 51.4 Å². The molecule has 112 valence electrons. The molecular formula is C16H31NO2. The zero-order chi connectivity index (χ0) is 13.4. The van der Waals surface area contributed by atoms with E-state index < -0.39 is 0 Å². The summed E-state index contributed by atoms with van der Waals surface area (Å²) in [6, 6.07) is 0. The van der Waals surface area contributed by atoms with Gasteiger partial charge in [0.15, 0.2) is 0 Å². The van der Waals surface area contributed by atoms with E-state index in [1.54, 1.807) is 7.11 Å². The third-order valence-corrected chi connectivity index (χ3v) is 5.03. The van der Waals surface area contributed by atoms with Gasteiger partial charge in [0, 0.05) is 32.2 Å². The lowest BCUT2D eigenvalue weighted by atomic mass is 9.68. The van der Waals surface area contributed by atoms with Gasteiger partial charge in [-0.05, 0) is 31.6 Å². The van der Waals surface area contributed by atoms with Gasteiger partial charge in [0.2, 0.25) is 0 Å². The van der Waals surface area contributed by atoms with E-state index >= 15 is 0 Å². The molecule has 2 rings (SSSR count). The summed E-state index contributed by atoms with van der Waals surface area (Å²) in [4.78, 5) is 0. The summed E-state index contributed by atoms with van der Waals surface area (Å²) in [5, 5.41) is 3.61. The maximum absolute atomic E-state index is 5.87. The predicted octanol–water partition coefficient (Wildman–Crippen LogP) is 2.99. The van der Waals surface area contributed by atoms with Crippen LogP contribution in [0.3, 0.4) is 0 Å². The highest BCUT2D eigenvalue weighted by molar-refractivity contribution is 4.91. The van der Waals surface area contributed by atoms with Crippen molar-refractivity contribution in [1.82, 2.24) is 5.32 Å². The summed E-state index contributed by atoms with van der Waals surface area (Å²) in [5.41, 5.74) is 0.399. The van der Waals surface area contributed by atoms with E-state index in [2.05, 4.69) is 5.32 Å². The summed E-state index contributed by atoms with van der Waals surface area (Å²) in [5.74, 6) is 0.866. The highest BCUT2D eigenvalue weighted by Gasteiger charge is 2.39. The van der Waals surface area contributed by atoms with Gasteiger partial charge in [0.25, 0.3) is 0 Å². The SMILES string of the molecule is COCCNCC1(C2CCCCCC2)CCCOC1. The molecule has 0 aromatic carbocycles. The van der Waals surface area contributed by atoms with Gasteiger partial charge in [-0.3, -0.25) is 0 Å². The minimum absolute atomic E-state index is 0.399. The first-order valence-electron chi connectivity index (χ1n) is 8.15. The molecule has 0 amide bonds. The largest absolute Gasteiger partial charge is 0.383 e. The van der Waals surface area contributed by atoms with Crippen LogP contribution in [0.15, 0.2) is 0 Å².